The minimum absolute atomic E-state index is 0.0188. The van der Waals surface area contributed by atoms with Gasteiger partial charge in [0.15, 0.2) is 0 Å². The molecule has 0 saturated carbocycles. The lowest BCUT2D eigenvalue weighted by Crippen LogP contribution is -2.28. The summed E-state index contributed by atoms with van der Waals surface area (Å²) in [5, 5.41) is 0. The second-order valence-corrected chi connectivity index (χ2v) is 16.6. The van der Waals surface area contributed by atoms with Crippen LogP contribution < -0.4 is 0 Å². The maximum absolute atomic E-state index is 13.2. The van der Waals surface area contributed by atoms with Gasteiger partial charge in [0.05, 0.1) is 6.61 Å². The van der Waals surface area contributed by atoms with E-state index in [1.54, 1.807) is 0 Å². The van der Waals surface area contributed by atoms with Gasteiger partial charge in [-0.15, -0.1) is 0 Å². The molecule has 0 amide bonds. The predicted molar refractivity (Wildman–Crippen MR) is 233 cm³/mol. The van der Waals surface area contributed by atoms with Gasteiger partial charge in [-0.05, 0) is 84.3 Å². The highest BCUT2D eigenvalue weighted by molar-refractivity contribution is 5.69. The van der Waals surface area contributed by atoms with Gasteiger partial charge in [-0.1, -0.05) is 182 Å². The van der Waals surface area contributed by atoms with Crippen molar-refractivity contribution in [3.05, 3.63) is 0 Å². The van der Waals surface area contributed by atoms with Crippen LogP contribution in [0.4, 0.5) is 8.78 Å². The van der Waals surface area contributed by atoms with Crippen molar-refractivity contribution in [2.24, 2.45) is 0 Å². The predicted octanol–water partition coefficient (Wildman–Crippen LogP) is 15.7. The first-order valence-electron chi connectivity index (χ1n) is 24.1. The number of hydrogen-bond acceptors (Lipinski definition) is 5. The number of carbonyl (C=O) groups excluding carboxylic acids is 2. The summed E-state index contributed by atoms with van der Waals surface area (Å²) in [6.07, 6.45) is 40.6. The first-order chi connectivity index (χ1) is 26.7. The summed E-state index contributed by atoms with van der Waals surface area (Å²) in [4.78, 5) is 24.8. The number of esters is 1. The quantitative estimate of drug-likeness (QED) is 0.0350. The average Bonchev–Trinajstić information content (AvgIpc) is 3.15. The molecule has 0 N–H and O–H groups in total. The fourth-order valence-corrected chi connectivity index (χ4v) is 7.18. The molecule has 0 saturated heterocycles. The molecule has 0 aliphatic carbocycles. The van der Waals surface area contributed by atoms with Crippen molar-refractivity contribution in [3.8, 4) is 0 Å². The van der Waals surface area contributed by atoms with Gasteiger partial charge >= 0.3 is 5.97 Å². The molecule has 0 aromatic heterocycles. The number of rotatable bonds is 43. The standard InChI is InChI=1S/C30H59F2NO2.C18H36O2/c1-4-6-8-10-12-17-21-28-35-29(34)23-18-14-13-16-20-26-33(27-22-24-30(3,31)32)25-19-15-11-9-7-5-2;1-3-5-7-9-11-13-15-18(20-17-19)16-14-12-10-8-6-4-2/h4-28H2,1-3H3;17-18H,3-16H2,1-2H3. The van der Waals surface area contributed by atoms with Gasteiger partial charge in [0.1, 0.15) is 6.10 Å². The molecular weight excluding hydrogens is 693 g/mol. The highest BCUT2D eigenvalue weighted by Gasteiger charge is 2.20. The van der Waals surface area contributed by atoms with Crippen molar-refractivity contribution < 1.29 is 27.8 Å². The molecule has 55 heavy (non-hydrogen) atoms. The lowest BCUT2D eigenvalue weighted by molar-refractivity contribution is -0.144. The van der Waals surface area contributed by atoms with Crippen molar-refractivity contribution in [2.45, 2.75) is 271 Å². The second-order valence-electron chi connectivity index (χ2n) is 16.6. The molecule has 0 aromatic rings. The Morgan fingerprint density at radius 1 is 0.527 bits per heavy atom. The third-order valence-electron chi connectivity index (χ3n) is 10.8. The molecule has 0 fully saturated rings. The molecule has 0 aliphatic heterocycles. The van der Waals surface area contributed by atoms with E-state index in [1.165, 1.54) is 148 Å². The zero-order chi connectivity index (χ0) is 40.9. The lowest BCUT2D eigenvalue weighted by atomic mass is 10.0. The van der Waals surface area contributed by atoms with Crippen molar-refractivity contribution in [1.82, 2.24) is 4.90 Å². The number of hydrogen-bond donors (Lipinski definition) is 0. The summed E-state index contributed by atoms with van der Waals surface area (Å²) in [7, 11) is 0. The van der Waals surface area contributed by atoms with Crippen molar-refractivity contribution >= 4 is 12.4 Å². The number of carbonyl (C=O) groups is 2. The summed E-state index contributed by atoms with van der Waals surface area (Å²) in [5.41, 5.74) is 0. The Labute approximate surface area is 342 Å². The van der Waals surface area contributed by atoms with E-state index in [4.69, 9.17) is 9.47 Å². The Morgan fingerprint density at radius 2 is 0.891 bits per heavy atom. The Balaban J connectivity index is 0. The highest BCUT2D eigenvalue weighted by atomic mass is 19.3. The monoisotopic (exact) mass is 788 g/mol. The van der Waals surface area contributed by atoms with Gasteiger partial charge in [-0.2, -0.15) is 0 Å². The average molecular weight is 788 g/mol. The summed E-state index contributed by atoms with van der Waals surface area (Å²) in [6, 6.07) is 0. The number of ether oxygens (including phenoxy) is 2. The molecule has 0 heterocycles. The van der Waals surface area contributed by atoms with E-state index in [0.717, 1.165) is 84.3 Å². The smallest absolute Gasteiger partial charge is 0.305 e. The summed E-state index contributed by atoms with van der Waals surface area (Å²) in [5.74, 6) is -2.60. The molecule has 0 spiro atoms. The Kier molecular flexibility index (Phi) is 46.2. The first kappa shape index (κ1) is 55.9. The van der Waals surface area contributed by atoms with Crippen LogP contribution in [0.2, 0.25) is 0 Å². The van der Waals surface area contributed by atoms with Crippen molar-refractivity contribution in [3.63, 3.8) is 0 Å². The van der Waals surface area contributed by atoms with Crippen LogP contribution in [0.15, 0.2) is 0 Å². The molecule has 330 valence electrons. The van der Waals surface area contributed by atoms with Gasteiger partial charge in [0.2, 0.25) is 5.92 Å². The van der Waals surface area contributed by atoms with Gasteiger partial charge < -0.3 is 14.4 Å². The third kappa shape index (κ3) is 48.8. The van der Waals surface area contributed by atoms with Gasteiger partial charge in [0, 0.05) is 12.8 Å². The van der Waals surface area contributed by atoms with Crippen molar-refractivity contribution in [2.75, 3.05) is 26.2 Å². The number of unbranched alkanes of at least 4 members (excludes halogenated alkanes) is 25. The zero-order valence-corrected chi connectivity index (χ0v) is 37.6. The van der Waals surface area contributed by atoms with E-state index in [9.17, 15) is 18.4 Å². The molecule has 0 aliphatic rings. The van der Waals surface area contributed by atoms with Crippen LogP contribution in [0.5, 0.6) is 0 Å². The molecule has 5 nitrogen and oxygen atoms in total. The highest BCUT2D eigenvalue weighted by Crippen LogP contribution is 2.20. The summed E-state index contributed by atoms with van der Waals surface area (Å²) < 4.78 is 36.9. The maximum Gasteiger partial charge on any atom is 0.305 e. The molecule has 7 heteroatoms. The van der Waals surface area contributed by atoms with E-state index in [-0.39, 0.29) is 18.5 Å². The van der Waals surface area contributed by atoms with Gasteiger partial charge in [-0.3, -0.25) is 9.59 Å². The van der Waals surface area contributed by atoms with Gasteiger partial charge in [-0.25, -0.2) is 8.78 Å². The van der Waals surface area contributed by atoms with Crippen LogP contribution in [-0.4, -0.2) is 55.6 Å². The van der Waals surface area contributed by atoms with Crippen LogP contribution in [0.3, 0.4) is 0 Å². The van der Waals surface area contributed by atoms with E-state index < -0.39 is 5.92 Å². The molecule has 0 radical (unpaired) electrons. The SMILES string of the molecule is CCCCCCCCC(CCCCCCCC)OC=O.CCCCCCCCCOC(=O)CCCCCCCN(CCCCCCCC)CCCC(C)(F)F. The Morgan fingerprint density at radius 3 is 1.31 bits per heavy atom. The number of nitrogens with zero attached hydrogens (tertiary/aromatic N) is 1. The van der Waals surface area contributed by atoms with E-state index in [0.29, 0.717) is 25.9 Å². The molecule has 0 atom stereocenters. The van der Waals surface area contributed by atoms with E-state index in [1.807, 2.05) is 0 Å². The fraction of sp³-hybridized carbons (Fsp3) is 0.958. The van der Waals surface area contributed by atoms with E-state index >= 15 is 0 Å². The van der Waals surface area contributed by atoms with Crippen LogP contribution in [0.25, 0.3) is 0 Å². The normalized spacial score (nSPS) is 11.6. The zero-order valence-electron chi connectivity index (χ0n) is 37.6. The van der Waals surface area contributed by atoms with Crippen LogP contribution >= 0.6 is 0 Å². The molecular formula is C48H95F2NO4. The minimum Gasteiger partial charge on any atom is -0.466 e. The Hall–Kier alpha value is -1.24. The van der Waals surface area contributed by atoms with E-state index in [2.05, 4.69) is 32.6 Å². The van der Waals surface area contributed by atoms with Crippen molar-refractivity contribution in [1.29, 1.82) is 0 Å². The fourth-order valence-electron chi connectivity index (χ4n) is 7.18. The maximum atomic E-state index is 13.2. The third-order valence-corrected chi connectivity index (χ3v) is 10.8. The largest absolute Gasteiger partial charge is 0.466 e. The number of halogens is 2. The van der Waals surface area contributed by atoms with Gasteiger partial charge in [0.25, 0.3) is 6.47 Å². The topological polar surface area (TPSA) is 55.8 Å². The Bertz CT molecular complexity index is 747. The number of alkyl halides is 2. The lowest BCUT2D eigenvalue weighted by Gasteiger charge is -2.23. The molecule has 0 aromatic carbocycles. The molecule has 0 bridgehead atoms. The van der Waals surface area contributed by atoms with Crippen LogP contribution in [-0.2, 0) is 19.1 Å². The first-order valence-corrected chi connectivity index (χ1v) is 24.1. The second kappa shape index (κ2) is 45.5. The summed E-state index contributed by atoms with van der Waals surface area (Å²) in [6.45, 7) is 14.0. The van der Waals surface area contributed by atoms with Crippen LogP contribution in [0.1, 0.15) is 259 Å². The molecule has 0 unspecified atom stereocenters. The van der Waals surface area contributed by atoms with Crippen LogP contribution in [0, 0.1) is 0 Å². The molecule has 0 rings (SSSR count). The minimum atomic E-state index is -2.55. The summed E-state index contributed by atoms with van der Waals surface area (Å²) >= 11 is 0.